The predicted octanol–water partition coefficient (Wildman–Crippen LogP) is 7.55. The molecule has 9 N–H and O–H groups in total. The summed E-state index contributed by atoms with van der Waals surface area (Å²) in [5.41, 5.74) is 7.88. The van der Waals surface area contributed by atoms with Gasteiger partial charge in [0.05, 0.1) is 19.4 Å². The number of rotatable bonds is 30. The highest BCUT2D eigenvalue weighted by Crippen LogP contribution is 2.86. The van der Waals surface area contributed by atoms with Gasteiger partial charge < -0.3 is 42.3 Å². The summed E-state index contributed by atoms with van der Waals surface area (Å²) in [7, 11) is 7.94. The first-order valence-corrected chi connectivity index (χ1v) is 36.7. The molecule has 2 aromatic rings. The van der Waals surface area contributed by atoms with Gasteiger partial charge in [-0.15, -0.1) is 26.8 Å². The molecule has 4 rings (SSSR count). The van der Waals surface area contributed by atoms with Crippen LogP contribution in [0.5, 0.6) is 0 Å². The topological polar surface area (TPSA) is 284 Å². The summed E-state index contributed by atoms with van der Waals surface area (Å²) in [6, 6.07) is 9.71. The van der Waals surface area contributed by atoms with Gasteiger partial charge in [-0.2, -0.15) is 0 Å². The highest BCUT2D eigenvalue weighted by molar-refractivity contribution is 8.87. The molecule has 11 atom stereocenters. The van der Waals surface area contributed by atoms with E-state index in [-0.39, 0.29) is 55.9 Å². The molecule has 0 bridgehead atoms. The molecule has 424 valence electrons. The van der Waals surface area contributed by atoms with E-state index >= 15 is 0 Å². The van der Waals surface area contributed by atoms with Crippen LogP contribution in [0, 0.1) is 29.6 Å². The van der Waals surface area contributed by atoms with Gasteiger partial charge in [0, 0.05) is 49.0 Å². The van der Waals surface area contributed by atoms with Gasteiger partial charge in [-0.25, -0.2) is 4.79 Å². The number of ketones is 1. The Morgan fingerprint density at radius 3 is 1.87 bits per heavy atom. The summed E-state index contributed by atoms with van der Waals surface area (Å²) in [5, 5.41) is 19.5. The number of nitrogens with zero attached hydrogens (tertiary/aromatic N) is 1. The fourth-order valence-electron chi connectivity index (χ4n) is 9.29. The number of carbonyl (C=O) groups excluding carboxylic acids is 10. The zero-order valence-corrected chi connectivity index (χ0v) is 51.4. The van der Waals surface area contributed by atoms with E-state index < -0.39 is 97.7 Å². The zero-order valence-electron chi connectivity index (χ0n) is 45.2. The van der Waals surface area contributed by atoms with E-state index in [1.807, 2.05) is 20.8 Å². The van der Waals surface area contributed by atoms with Crippen LogP contribution in [0.4, 0.5) is 16.2 Å². The van der Waals surface area contributed by atoms with Crippen LogP contribution >= 0.6 is 49.2 Å². The number of likely N-dealkylation sites (tertiary alicyclic amines) is 1. The van der Waals surface area contributed by atoms with Crippen molar-refractivity contribution < 1.29 is 47.9 Å². The van der Waals surface area contributed by atoms with Crippen LogP contribution in [0.25, 0.3) is 0 Å². The first kappa shape index (κ1) is 65.4. The van der Waals surface area contributed by atoms with Gasteiger partial charge in [-0.3, -0.25) is 48.5 Å². The van der Waals surface area contributed by atoms with Crippen molar-refractivity contribution in [2.45, 2.75) is 156 Å². The molecule has 0 radical (unpaired) electrons. The Morgan fingerprint density at radius 2 is 1.31 bits per heavy atom. The zero-order chi connectivity index (χ0) is 56.9. The average Bonchev–Trinajstić information content (AvgIpc) is 3.87. The van der Waals surface area contributed by atoms with Crippen molar-refractivity contribution in [3.05, 3.63) is 59.7 Å². The third-order valence-corrected chi connectivity index (χ3v) is 33.2. The van der Waals surface area contributed by atoms with E-state index in [4.69, 9.17) is 5.73 Å². The lowest BCUT2D eigenvalue weighted by molar-refractivity contribution is -0.143. The van der Waals surface area contributed by atoms with Gasteiger partial charge >= 0.3 is 6.03 Å². The number of imide groups is 1. The van der Waals surface area contributed by atoms with Gasteiger partial charge in [0.15, 0.2) is 5.78 Å². The number of urea groups is 1. The van der Waals surface area contributed by atoms with E-state index in [1.54, 1.807) is 48.5 Å². The van der Waals surface area contributed by atoms with Crippen LogP contribution < -0.4 is 42.7 Å². The normalized spacial score (nSPS) is 17.3. The lowest BCUT2D eigenvalue weighted by atomic mass is 9.87. The number of benzene rings is 2. The number of hydrogen-bond donors (Lipinski definition) is 8. The minimum atomic E-state index is -1.08. The minimum absolute atomic E-state index is 0.0396. The Kier molecular flexibility index (Phi) is 27.9. The van der Waals surface area contributed by atoms with Crippen LogP contribution in [0.15, 0.2) is 48.5 Å². The number of unbranched alkanes of at least 4 members (excludes halogenated alkanes) is 2. The minimum Gasteiger partial charge on any atom is -0.368 e. The van der Waals surface area contributed by atoms with Crippen molar-refractivity contribution in [3.63, 3.8) is 0 Å². The molecular weight excluding hydrogens is 1100 g/mol. The van der Waals surface area contributed by atoms with Crippen molar-refractivity contribution >= 4 is 120 Å². The third-order valence-electron chi connectivity index (χ3n) is 13.6. The number of amides is 10. The van der Waals surface area contributed by atoms with E-state index in [9.17, 15) is 47.9 Å². The van der Waals surface area contributed by atoms with Gasteiger partial charge in [0.2, 0.25) is 47.3 Å². The Morgan fingerprint density at radius 1 is 0.740 bits per heavy atom. The third kappa shape index (κ3) is 22.2. The maximum absolute atomic E-state index is 14.8. The van der Waals surface area contributed by atoms with E-state index in [0.717, 1.165) is 24.8 Å². The summed E-state index contributed by atoms with van der Waals surface area (Å²) in [4.78, 5) is 134. The molecule has 2 aliphatic rings. The molecule has 77 heavy (non-hydrogen) atoms. The molecule has 2 aliphatic heterocycles. The molecule has 2 saturated heterocycles. The van der Waals surface area contributed by atoms with Crippen molar-refractivity contribution in [1.29, 1.82) is 0 Å². The molecule has 0 spiro atoms. The van der Waals surface area contributed by atoms with Crippen molar-refractivity contribution in [1.82, 2.24) is 31.3 Å². The summed E-state index contributed by atoms with van der Waals surface area (Å²) >= 11 is 0. The Labute approximate surface area is 464 Å². The van der Waals surface area contributed by atoms with Gasteiger partial charge in [-0.05, 0) is 106 Å². The standard InChI is InChI=1S/C52H81N9O10P6/c1-7-35(25-33-15-19-38(20-16-33)55-48(67)37-28-44(63)59-45(64)29-37)47(66)58-41(26-34-17-21-39(22-18-34)56-52(71)60-76(75-72)77(73)74)43(62)27-36(24-31(4)5)49(68)57-40(13-10-8-9-12-30(2)3)51(70)61-23-11-14-42(61)50(69)54-32(6)46(53)65/h15-22,30-32,35-37,40-42,75H,7-14,23-29,72-74H2,1-6H3,(H2,53,65)(H,54,69)(H,55,67)(H,57,68)(H,58,66)(H2,56,60,71)(H,59,63,64)/t32-,35+,36-,40+,41-,42+,76?/m1/s1. The fraction of sp³-hybridized carbons (Fsp3) is 0.577. The molecular formula is C52H81N9O10P6. The number of nitrogens with one attached hydrogen (secondary N) is 7. The molecule has 0 aliphatic carbocycles. The lowest BCUT2D eigenvalue weighted by Crippen LogP contribution is -2.56. The van der Waals surface area contributed by atoms with Crippen molar-refractivity contribution in [3.8, 4) is 0 Å². The van der Waals surface area contributed by atoms with Crippen LogP contribution in [-0.2, 0) is 56.0 Å². The maximum atomic E-state index is 14.8. The van der Waals surface area contributed by atoms with Crippen LogP contribution in [0.1, 0.15) is 130 Å². The molecule has 5 unspecified atom stereocenters. The number of Topliss-reactive ketones (excluding diaryl/α,β-unsaturated/α-hetero) is 1. The van der Waals surface area contributed by atoms with Crippen LogP contribution in [0.2, 0.25) is 0 Å². The summed E-state index contributed by atoms with van der Waals surface area (Å²) in [6.45, 7) is 11.3. The van der Waals surface area contributed by atoms with Gasteiger partial charge in [-0.1, -0.05) is 92.5 Å². The van der Waals surface area contributed by atoms with Gasteiger partial charge in [0.1, 0.15) is 18.1 Å². The highest BCUT2D eigenvalue weighted by Gasteiger charge is 2.40. The quantitative estimate of drug-likeness (QED) is 0.0216. The fourth-order valence-corrected chi connectivity index (χ4v) is 28.6. The van der Waals surface area contributed by atoms with E-state index in [1.165, 1.54) is 11.8 Å². The molecule has 0 saturated carbocycles. The largest absolute Gasteiger partial charge is 0.368 e. The Hall–Kier alpha value is -4.08. The number of anilines is 2. The summed E-state index contributed by atoms with van der Waals surface area (Å²) in [5.74, 6) is -6.13. The second-order valence-corrected chi connectivity index (χ2v) is 38.6. The Bertz CT molecular complexity index is 2370. The number of carbonyl (C=O) groups is 10. The number of hydrogen-bond acceptors (Lipinski definition) is 10. The number of primary amides is 1. The van der Waals surface area contributed by atoms with Crippen LogP contribution in [-0.4, -0.2) is 94.7 Å². The highest BCUT2D eigenvalue weighted by atomic mass is 32.9. The number of nitrogens with two attached hydrogens (primary N) is 1. The second-order valence-electron chi connectivity index (χ2n) is 20.8. The average molecular weight is 1180 g/mol. The predicted molar refractivity (Wildman–Crippen MR) is 318 cm³/mol. The molecule has 2 aromatic carbocycles. The Balaban J connectivity index is 1.58. The monoisotopic (exact) mass is 1180 g/mol. The van der Waals surface area contributed by atoms with E-state index in [0.29, 0.717) is 75.8 Å². The van der Waals surface area contributed by atoms with Crippen LogP contribution in [0.3, 0.4) is 0 Å². The summed E-state index contributed by atoms with van der Waals surface area (Å²) in [6.07, 6.45) is 5.27. The smallest absolute Gasteiger partial charge is 0.323 e. The summed E-state index contributed by atoms with van der Waals surface area (Å²) < 4.78 is 0. The second kappa shape index (κ2) is 32.9. The maximum Gasteiger partial charge on any atom is 0.323 e. The van der Waals surface area contributed by atoms with Crippen molar-refractivity contribution in [2.75, 3.05) is 17.2 Å². The lowest BCUT2D eigenvalue weighted by Gasteiger charge is -2.30. The number of piperidine rings is 1. The molecule has 25 heteroatoms. The van der Waals surface area contributed by atoms with Crippen molar-refractivity contribution in [2.24, 2.45) is 35.3 Å². The van der Waals surface area contributed by atoms with E-state index in [2.05, 4.69) is 77.6 Å². The molecule has 2 heterocycles. The SMILES string of the molecule is CC[C@@H](Cc1ccc(NC(=O)C2CC(=O)NC(=O)C2)cc1)C(=O)N[C@H](Cc1ccc(NC(=O)NP(PP)P(P)P)cc1)C(=O)C[C@@H](CC(C)C)C(=O)N[C@@H](CCCCCC(C)C)C(=O)N1CCC[C@H]1C(=O)N[C@H](C)C(N)=O. The first-order valence-electron chi connectivity index (χ1n) is 26.5. The first-order chi connectivity index (χ1) is 36.5. The van der Waals surface area contributed by atoms with Gasteiger partial charge in [0.25, 0.3) is 0 Å². The molecule has 10 amide bonds. The molecule has 0 aromatic heterocycles. The molecule has 19 nitrogen and oxygen atoms in total. The molecule has 2 fully saturated rings.